The molecule has 0 saturated heterocycles. The van der Waals surface area contributed by atoms with Crippen molar-refractivity contribution >= 4 is 22.2 Å². The summed E-state index contributed by atoms with van der Waals surface area (Å²) in [5.41, 5.74) is 0. The van der Waals surface area contributed by atoms with Crippen molar-refractivity contribution in [3.05, 3.63) is 4.77 Å². The van der Waals surface area contributed by atoms with Gasteiger partial charge in [0.15, 0.2) is 0 Å². The monoisotopic (exact) mass is 246 g/mol. The minimum absolute atomic E-state index is 0. The smallest absolute Gasteiger partial charge is 0.241 e. The Kier molecular flexibility index (Phi) is 6.02. The van der Waals surface area contributed by atoms with Crippen LogP contribution in [0.15, 0.2) is 0 Å². The van der Waals surface area contributed by atoms with Crippen molar-refractivity contribution in [2.24, 2.45) is 0 Å². The summed E-state index contributed by atoms with van der Waals surface area (Å²) in [6.45, 7) is 0.649. The van der Waals surface area contributed by atoms with E-state index in [1.165, 1.54) is 4.68 Å². The van der Waals surface area contributed by atoms with Gasteiger partial charge in [-0.3, -0.25) is 0 Å². The average Bonchev–Trinajstić information content (AvgIpc) is 2.34. The number of H-pyrrole nitrogens is 1. The van der Waals surface area contributed by atoms with Crippen LogP contribution in [0.5, 0.6) is 0 Å². The summed E-state index contributed by atoms with van der Waals surface area (Å²) in [5, 5.41) is 9.48. The molecule has 1 rings (SSSR count). The van der Waals surface area contributed by atoms with Crippen molar-refractivity contribution in [3.63, 3.8) is 0 Å². The van der Waals surface area contributed by atoms with E-state index in [4.69, 9.17) is 12.2 Å². The molecule has 74 valence electrons. The Morgan fingerprint density at radius 2 is 2.29 bits per heavy atom. The van der Waals surface area contributed by atoms with Crippen molar-refractivity contribution < 1.29 is 38.0 Å². The Balaban J connectivity index is 0.00000169. The molecule has 2 N–H and O–H groups in total. The van der Waals surface area contributed by atoms with E-state index in [1.807, 2.05) is 0 Å². The number of hydrogen-bond acceptors (Lipinski definition) is 5. The van der Waals surface area contributed by atoms with E-state index in [-0.39, 0.29) is 36.1 Å². The summed E-state index contributed by atoms with van der Waals surface area (Å²) >= 11 is 4.77. The molecule has 0 atom stereocenters. The van der Waals surface area contributed by atoms with E-state index in [0.29, 0.717) is 11.3 Å². The van der Waals surface area contributed by atoms with Crippen molar-refractivity contribution in [2.75, 3.05) is 12.8 Å². The van der Waals surface area contributed by atoms with Crippen molar-refractivity contribution in [1.29, 1.82) is 0 Å². The molecule has 14 heavy (non-hydrogen) atoms. The number of nitrogens with one attached hydrogen (secondary N) is 2. The maximum atomic E-state index is 10.7. The van der Waals surface area contributed by atoms with Crippen LogP contribution in [-0.2, 0) is 16.6 Å². The number of hydrogen-bond donors (Lipinski definition) is 2. The van der Waals surface area contributed by atoms with Gasteiger partial charge in [0.1, 0.15) is 0 Å². The third-order valence-corrected chi connectivity index (χ3v) is 2.26. The first kappa shape index (κ1) is 14.2. The minimum atomic E-state index is -3.14. The molecular formula is C4H9N5NaO2S2+. The zero-order chi connectivity index (χ0) is 9.90. The van der Waals surface area contributed by atoms with Gasteiger partial charge in [0, 0.05) is 6.54 Å². The number of sulfonamides is 1. The molecule has 0 aliphatic heterocycles. The predicted molar refractivity (Wildman–Crippen MR) is 48.1 cm³/mol. The Hall–Kier alpha value is 0.200. The Morgan fingerprint density at radius 1 is 1.64 bits per heavy atom. The molecule has 10 heteroatoms. The van der Waals surface area contributed by atoms with Gasteiger partial charge in [-0.05, 0) is 12.2 Å². The van der Waals surface area contributed by atoms with Crippen LogP contribution in [-0.4, -0.2) is 41.4 Å². The summed E-state index contributed by atoms with van der Waals surface area (Å²) < 4.78 is 25.4. The van der Waals surface area contributed by atoms with Gasteiger partial charge in [0.05, 0.1) is 12.8 Å². The first-order chi connectivity index (χ1) is 5.99. The molecule has 1 aromatic heterocycles. The predicted octanol–water partition coefficient (Wildman–Crippen LogP) is -4.11. The molecule has 0 fully saturated rings. The van der Waals surface area contributed by atoms with E-state index >= 15 is 0 Å². The summed E-state index contributed by atoms with van der Waals surface area (Å²) in [5.74, 6) is 0. The van der Waals surface area contributed by atoms with Crippen molar-refractivity contribution in [1.82, 2.24) is 24.9 Å². The molecule has 0 unspecified atom stereocenters. The zero-order valence-corrected chi connectivity index (χ0v) is 11.5. The molecule has 0 saturated carbocycles. The Bertz CT molecular complexity index is 423. The van der Waals surface area contributed by atoms with Gasteiger partial charge < -0.3 is 0 Å². The van der Waals surface area contributed by atoms with Gasteiger partial charge in [-0.2, -0.15) is 5.21 Å². The van der Waals surface area contributed by atoms with E-state index in [2.05, 4.69) is 20.2 Å². The normalized spacial score (nSPS) is 10.9. The van der Waals surface area contributed by atoms with Crippen molar-refractivity contribution in [3.8, 4) is 0 Å². The zero-order valence-electron chi connectivity index (χ0n) is 7.89. The summed E-state index contributed by atoms with van der Waals surface area (Å²) in [6.07, 6.45) is 1.09. The van der Waals surface area contributed by atoms with Gasteiger partial charge in [-0.15, -0.1) is 0 Å². The molecule has 0 aromatic carbocycles. The second kappa shape index (κ2) is 5.93. The fourth-order valence-electron chi connectivity index (χ4n) is 0.704. The van der Waals surface area contributed by atoms with Crippen LogP contribution in [0.4, 0.5) is 0 Å². The fraction of sp³-hybridized carbons (Fsp3) is 0.750. The van der Waals surface area contributed by atoms with Gasteiger partial charge in [0.25, 0.3) is 0 Å². The van der Waals surface area contributed by atoms with Gasteiger partial charge in [0.2, 0.25) is 14.8 Å². The molecule has 1 heterocycles. The third-order valence-electron chi connectivity index (χ3n) is 1.23. The van der Waals surface area contributed by atoms with Crippen LogP contribution in [0.1, 0.15) is 0 Å². The van der Waals surface area contributed by atoms with E-state index in [9.17, 15) is 8.42 Å². The van der Waals surface area contributed by atoms with Crippen LogP contribution < -0.4 is 34.3 Å². The quantitative estimate of drug-likeness (QED) is 0.416. The molecule has 1 aromatic rings. The average molecular weight is 246 g/mol. The van der Waals surface area contributed by atoms with Gasteiger partial charge in [-0.25, -0.2) is 17.8 Å². The second-order valence-electron chi connectivity index (χ2n) is 2.40. The molecule has 0 radical (unpaired) electrons. The van der Waals surface area contributed by atoms with Gasteiger partial charge >= 0.3 is 29.6 Å². The first-order valence-electron chi connectivity index (χ1n) is 3.41. The SMILES string of the molecule is CS(=O)(=O)NCCn1[nH]nnc1=S.[Na+]. The molecule has 0 aliphatic carbocycles. The van der Waals surface area contributed by atoms with Crippen LogP contribution in [0.2, 0.25) is 0 Å². The topological polar surface area (TPSA) is 92.7 Å². The van der Waals surface area contributed by atoms with Crippen LogP contribution in [0, 0.1) is 4.77 Å². The Morgan fingerprint density at radius 3 is 2.71 bits per heavy atom. The molecule has 0 amide bonds. The number of tetrazole rings is 1. The molecule has 7 nitrogen and oxygen atoms in total. The summed E-state index contributed by atoms with van der Waals surface area (Å²) in [4.78, 5) is 0. The standard InChI is InChI=1S/C4H9N5O2S2.Na/c1-13(10,11)5-2-3-9-4(12)6-7-8-9;/h5H,2-3H2,1H3,(H,6,8,12);/q;+1. The van der Waals surface area contributed by atoms with Crippen molar-refractivity contribution in [2.45, 2.75) is 6.54 Å². The molecule has 0 bridgehead atoms. The van der Waals surface area contributed by atoms with E-state index < -0.39 is 10.0 Å². The van der Waals surface area contributed by atoms with Crippen LogP contribution in [0.25, 0.3) is 0 Å². The maximum absolute atomic E-state index is 10.7. The van der Waals surface area contributed by atoms with Crippen LogP contribution >= 0.6 is 12.2 Å². The second-order valence-corrected chi connectivity index (χ2v) is 4.60. The number of rotatable bonds is 4. The van der Waals surface area contributed by atoms with Crippen LogP contribution in [0.3, 0.4) is 0 Å². The van der Waals surface area contributed by atoms with E-state index in [0.717, 1.165) is 6.26 Å². The maximum Gasteiger partial charge on any atom is 1.00 e. The molecule has 0 spiro atoms. The number of nitrogens with zero attached hydrogens (tertiary/aromatic N) is 3. The minimum Gasteiger partial charge on any atom is -0.241 e. The summed E-state index contributed by atoms with van der Waals surface area (Å²) in [7, 11) is -3.14. The Labute approximate surface area is 109 Å². The number of aromatic amines is 1. The first-order valence-corrected chi connectivity index (χ1v) is 5.71. The fourth-order valence-corrected chi connectivity index (χ4v) is 1.34. The van der Waals surface area contributed by atoms with E-state index in [1.54, 1.807) is 0 Å². The largest absolute Gasteiger partial charge is 1.00 e. The molecule has 0 aliphatic rings. The summed E-state index contributed by atoms with van der Waals surface area (Å²) in [6, 6.07) is 0. The third kappa shape index (κ3) is 5.17. The number of aromatic nitrogens is 4. The molecular weight excluding hydrogens is 237 g/mol. The van der Waals surface area contributed by atoms with Gasteiger partial charge in [-0.1, -0.05) is 10.3 Å².